The van der Waals surface area contributed by atoms with Gasteiger partial charge < -0.3 is 9.47 Å². The SMILES string of the molecule is C.C.C=C(C)C(=O)OCC12c3ccccc3C(c3ccccc31)C1C(=O)CC(=O)C12.C=C(C)C(=O)OCc1c2ccccc2cc2ccccc12.O=C1C=CC(=O)C1. The van der Waals surface area contributed by atoms with E-state index in [0.29, 0.717) is 11.1 Å². The molecular formula is C50H48O8. The highest BCUT2D eigenvalue weighted by Crippen LogP contribution is 2.64. The summed E-state index contributed by atoms with van der Waals surface area (Å²) in [5.74, 6) is -2.04. The van der Waals surface area contributed by atoms with Crippen molar-refractivity contribution in [3.8, 4) is 0 Å². The van der Waals surface area contributed by atoms with Crippen LogP contribution in [0, 0.1) is 11.8 Å². The highest BCUT2D eigenvalue weighted by Gasteiger charge is 2.66. The number of carbonyl (C=O) groups is 6. The Balaban J connectivity index is 0.000000189. The number of benzene rings is 5. The van der Waals surface area contributed by atoms with Gasteiger partial charge in [0.25, 0.3) is 0 Å². The van der Waals surface area contributed by atoms with E-state index in [1.807, 2.05) is 72.8 Å². The minimum absolute atomic E-state index is 0. The molecule has 1 fully saturated rings. The van der Waals surface area contributed by atoms with Crippen molar-refractivity contribution in [1.29, 1.82) is 0 Å². The van der Waals surface area contributed by atoms with Gasteiger partial charge in [-0.15, -0.1) is 0 Å². The summed E-state index contributed by atoms with van der Waals surface area (Å²) in [6, 6.07) is 34.4. The van der Waals surface area contributed by atoms with E-state index in [4.69, 9.17) is 9.47 Å². The lowest BCUT2D eigenvalue weighted by Crippen LogP contribution is -2.56. The number of rotatable bonds is 6. The molecule has 5 aliphatic rings. The van der Waals surface area contributed by atoms with Crippen LogP contribution >= 0.6 is 0 Å². The van der Waals surface area contributed by atoms with Crippen LogP contribution in [0.25, 0.3) is 21.5 Å². The fraction of sp³-hybridized carbons (Fsp3) is 0.240. The third kappa shape index (κ3) is 7.62. The van der Waals surface area contributed by atoms with E-state index in [1.165, 1.54) is 12.2 Å². The van der Waals surface area contributed by atoms with Crippen LogP contribution in [0.15, 0.2) is 140 Å². The first-order valence-electron chi connectivity index (χ1n) is 18.4. The van der Waals surface area contributed by atoms with Crippen molar-refractivity contribution in [1.82, 2.24) is 0 Å². The van der Waals surface area contributed by atoms with Crippen LogP contribution in [0.3, 0.4) is 0 Å². The maximum atomic E-state index is 13.0. The minimum Gasteiger partial charge on any atom is -0.461 e. The quantitative estimate of drug-likeness (QED) is 0.0725. The van der Waals surface area contributed by atoms with Gasteiger partial charge in [-0.05, 0) is 75.9 Å². The number of allylic oxidation sites excluding steroid dienone is 2. The largest absolute Gasteiger partial charge is 0.461 e. The van der Waals surface area contributed by atoms with Gasteiger partial charge >= 0.3 is 11.9 Å². The highest BCUT2D eigenvalue weighted by molar-refractivity contribution is 6.16. The van der Waals surface area contributed by atoms with Crippen LogP contribution in [0.4, 0.5) is 0 Å². The Morgan fingerprint density at radius 1 is 0.638 bits per heavy atom. The monoisotopic (exact) mass is 776 g/mol. The summed E-state index contributed by atoms with van der Waals surface area (Å²) >= 11 is 0. The summed E-state index contributed by atoms with van der Waals surface area (Å²) in [4.78, 5) is 70.1. The zero-order chi connectivity index (χ0) is 39.7. The molecule has 0 aromatic heterocycles. The Morgan fingerprint density at radius 2 is 1.10 bits per heavy atom. The van der Waals surface area contributed by atoms with E-state index in [9.17, 15) is 28.8 Å². The van der Waals surface area contributed by atoms with Gasteiger partial charge in [0.05, 0.1) is 18.3 Å². The van der Waals surface area contributed by atoms with Crippen LogP contribution in [0.1, 0.15) is 75.3 Å². The molecule has 2 unspecified atom stereocenters. The molecule has 0 radical (unpaired) electrons. The van der Waals surface area contributed by atoms with Crippen molar-refractivity contribution < 1.29 is 38.2 Å². The first-order valence-corrected chi connectivity index (χ1v) is 18.4. The molecule has 8 nitrogen and oxygen atoms in total. The van der Waals surface area contributed by atoms with Crippen molar-refractivity contribution in [2.24, 2.45) is 11.8 Å². The highest BCUT2D eigenvalue weighted by atomic mass is 16.5. The maximum absolute atomic E-state index is 13.0. The number of hydrogen-bond donors (Lipinski definition) is 0. The predicted molar refractivity (Wildman–Crippen MR) is 226 cm³/mol. The van der Waals surface area contributed by atoms with E-state index >= 15 is 0 Å². The molecule has 10 rings (SSSR count). The lowest BCUT2D eigenvalue weighted by atomic mass is 9.47. The number of carbonyl (C=O) groups excluding carboxylic acids is 6. The molecule has 0 heterocycles. The molecule has 5 aromatic rings. The number of Topliss-reactive ketones (excluding diaryl/α,β-unsaturated/α-hetero) is 2. The van der Waals surface area contributed by atoms with Gasteiger partial charge in [-0.2, -0.15) is 0 Å². The third-order valence-electron chi connectivity index (χ3n) is 11.0. The summed E-state index contributed by atoms with van der Waals surface area (Å²) < 4.78 is 11.0. The van der Waals surface area contributed by atoms with Crippen LogP contribution < -0.4 is 0 Å². The summed E-state index contributed by atoms with van der Waals surface area (Å²) in [6.45, 7) is 10.8. The summed E-state index contributed by atoms with van der Waals surface area (Å²) in [6.07, 6.45) is 2.66. The van der Waals surface area contributed by atoms with Gasteiger partial charge in [0.2, 0.25) is 0 Å². The number of hydrogen-bond acceptors (Lipinski definition) is 8. The van der Waals surface area contributed by atoms with Gasteiger partial charge in [0.15, 0.2) is 11.6 Å². The molecule has 2 bridgehead atoms. The lowest BCUT2D eigenvalue weighted by Gasteiger charge is -2.54. The number of ketones is 4. The lowest BCUT2D eigenvalue weighted by molar-refractivity contribution is -0.143. The Kier molecular flexibility index (Phi) is 12.7. The average Bonchev–Trinajstić information content (AvgIpc) is 3.74. The van der Waals surface area contributed by atoms with E-state index in [-0.39, 0.29) is 81.8 Å². The Labute approximate surface area is 339 Å². The summed E-state index contributed by atoms with van der Waals surface area (Å²) in [5.41, 5.74) is 5.07. The molecule has 0 amide bonds. The number of ether oxygens (including phenoxy) is 2. The Morgan fingerprint density at radius 3 is 1.59 bits per heavy atom. The molecule has 0 N–H and O–H groups in total. The van der Waals surface area contributed by atoms with Crippen LogP contribution in [-0.4, -0.2) is 41.7 Å². The third-order valence-corrected chi connectivity index (χ3v) is 11.0. The van der Waals surface area contributed by atoms with Crippen molar-refractivity contribution >= 4 is 56.6 Å². The molecule has 58 heavy (non-hydrogen) atoms. The van der Waals surface area contributed by atoms with E-state index in [2.05, 4.69) is 43.5 Å². The topological polar surface area (TPSA) is 121 Å². The zero-order valence-corrected chi connectivity index (χ0v) is 31.2. The van der Waals surface area contributed by atoms with Crippen LogP contribution in [0.5, 0.6) is 0 Å². The fourth-order valence-electron chi connectivity index (χ4n) is 8.68. The molecule has 5 aromatic carbocycles. The van der Waals surface area contributed by atoms with Gasteiger partial charge in [-0.1, -0.05) is 125 Å². The smallest absolute Gasteiger partial charge is 0.333 e. The fourth-order valence-corrected chi connectivity index (χ4v) is 8.68. The van der Waals surface area contributed by atoms with Gasteiger partial charge in [0.1, 0.15) is 24.8 Å². The molecular weight excluding hydrogens is 729 g/mol. The molecule has 0 spiro atoms. The standard InChI is InChI=1S/C24H20O4.C19H16O2.C5H4O2.2CH4/c1-13(2)23(27)28-12-24-16-9-5-3-7-14(16)20(15-8-4-6-10-17(15)24)21-18(25)11-19(26)22(21)24;1-13(2)19(20)21-12-18-16-9-5-3-7-14(16)11-15-8-4-6-10-17(15)18;6-4-1-2-5(7)3-4;;/h3-10,20-22H,1,11-12H2,2H3;3-11H,1,12H2,2H3;1-2H,3H2;2*1H4. The maximum Gasteiger partial charge on any atom is 0.333 e. The summed E-state index contributed by atoms with van der Waals surface area (Å²) in [7, 11) is 0. The average molecular weight is 777 g/mol. The van der Waals surface area contributed by atoms with Crippen LogP contribution in [0.2, 0.25) is 0 Å². The number of fused-ring (bicyclic) bond motifs is 2. The Hall–Kier alpha value is -6.54. The molecule has 296 valence electrons. The van der Waals surface area contributed by atoms with Gasteiger partial charge in [-0.3, -0.25) is 19.2 Å². The van der Waals surface area contributed by atoms with Gasteiger partial charge in [0, 0.05) is 34.5 Å². The zero-order valence-electron chi connectivity index (χ0n) is 31.2. The van der Waals surface area contributed by atoms with Crippen molar-refractivity contribution in [2.75, 3.05) is 6.61 Å². The second kappa shape index (κ2) is 17.3. The number of esters is 2. The normalized spacial score (nSPS) is 20.2. The Bertz CT molecular complexity index is 2420. The van der Waals surface area contributed by atoms with E-state index < -0.39 is 17.3 Å². The van der Waals surface area contributed by atoms with Gasteiger partial charge in [-0.25, -0.2) is 9.59 Å². The molecule has 0 saturated heterocycles. The van der Waals surface area contributed by atoms with Crippen molar-refractivity contribution in [2.45, 2.75) is 59.5 Å². The van der Waals surface area contributed by atoms with E-state index in [0.717, 1.165) is 49.4 Å². The van der Waals surface area contributed by atoms with Crippen LogP contribution in [-0.2, 0) is 50.3 Å². The summed E-state index contributed by atoms with van der Waals surface area (Å²) in [5, 5.41) is 4.53. The second-order valence-electron chi connectivity index (χ2n) is 14.7. The van der Waals surface area contributed by atoms with E-state index in [1.54, 1.807) is 13.8 Å². The molecule has 2 atom stereocenters. The minimum atomic E-state index is -0.832. The molecule has 8 heteroatoms. The first-order chi connectivity index (χ1) is 26.9. The second-order valence-corrected chi connectivity index (χ2v) is 14.7. The van der Waals surface area contributed by atoms with Crippen molar-refractivity contribution in [3.05, 3.63) is 167 Å². The molecule has 0 aliphatic heterocycles. The van der Waals surface area contributed by atoms with Crippen molar-refractivity contribution in [3.63, 3.8) is 0 Å². The molecule has 5 aliphatic carbocycles. The molecule has 1 saturated carbocycles. The first kappa shape index (κ1) is 42.6. The predicted octanol–water partition coefficient (Wildman–Crippen LogP) is 9.29.